The zero-order chi connectivity index (χ0) is 22.2. The highest BCUT2D eigenvalue weighted by molar-refractivity contribution is 9.10. The molecule has 0 atom stereocenters. The summed E-state index contributed by atoms with van der Waals surface area (Å²) < 4.78 is 11.5. The summed E-state index contributed by atoms with van der Waals surface area (Å²) in [7, 11) is 0. The zero-order valence-electron chi connectivity index (χ0n) is 16.5. The lowest BCUT2D eigenvalue weighted by molar-refractivity contribution is 0.104. The zero-order valence-corrected chi connectivity index (χ0v) is 18.9. The van der Waals surface area contributed by atoms with E-state index in [-0.39, 0.29) is 12.4 Å². The number of fused-ring (bicyclic) bond motifs is 2. The number of carbonyl (C=O) groups is 1. The van der Waals surface area contributed by atoms with Gasteiger partial charge in [-0.1, -0.05) is 57.9 Å². The number of hydrogen-bond acceptors (Lipinski definition) is 4. The van der Waals surface area contributed by atoms with E-state index in [1.54, 1.807) is 42.5 Å². The molecule has 0 saturated carbocycles. The van der Waals surface area contributed by atoms with Crippen LogP contribution in [0, 0.1) is 0 Å². The second-order valence-electron chi connectivity index (χ2n) is 7.18. The molecule has 4 aromatic rings. The predicted molar refractivity (Wildman–Crippen MR) is 129 cm³/mol. The van der Waals surface area contributed by atoms with Crippen LogP contribution in [-0.2, 0) is 0 Å². The minimum absolute atomic E-state index is 0.0686. The van der Waals surface area contributed by atoms with E-state index in [1.807, 2.05) is 24.3 Å². The van der Waals surface area contributed by atoms with Gasteiger partial charge in [-0.25, -0.2) is 0 Å². The maximum Gasteiger partial charge on any atom is 0.260 e. The van der Waals surface area contributed by atoms with Crippen LogP contribution in [0.3, 0.4) is 0 Å². The van der Waals surface area contributed by atoms with Gasteiger partial charge in [0.05, 0.1) is 5.56 Å². The van der Waals surface area contributed by atoms with Crippen LogP contribution in [-0.4, -0.2) is 17.6 Å². The topological polar surface area (TPSA) is 68.4 Å². The number of H-pyrrole nitrogens is 1. The molecule has 7 heteroatoms. The second-order valence-corrected chi connectivity index (χ2v) is 8.47. The predicted octanol–water partition coefficient (Wildman–Crippen LogP) is 6.24. The van der Waals surface area contributed by atoms with Crippen molar-refractivity contribution in [3.63, 3.8) is 0 Å². The minimum atomic E-state index is -0.451. The second kappa shape index (κ2) is 8.30. The first-order chi connectivity index (χ1) is 15.5. The van der Waals surface area contributed by atoms with Crippen LogP contribution in [0.2, 0.25) is 5.02 Å². The number of hydrogen-bond donors (Lipinski definition) is 1. The molecule has 0 fully saturated rings. The fourth-order valence-electron chi connectivity index (χ4n) is 3.70. The lowest BCUT2D eigenvalue weighted by Crippen LogP contribution is -2.18. The molecule has 1 aliphatic heterocycles. The van der Waals surface area contributed by atoms with Crippen molar-refractivity contribution in [3.05, 3.63) is 97.7 Å². The number of pyridine rings is 1. The molecule has 1 N–H and O–H groups in total. The molecule has 0 saturated heterocycles. The smallest absolute Gasteiger partial charge is 0.260 e. The monoisotopic (exact) mass is 507 g/mol. The van der Waals surface area contributed by atoms with E-state index in [1.165, 1.54) is 6.08 Å². The number of halogens is 2. The Morgan fingerprint density at radius 1 is 1.03 bits per heavy atom. The molecule has 1 aliphatic rings. The summed E-state index contributed by atoms with van der Waals surface area (Å²) in [6.07, 6.45) is 3.04. The van der Waals surface area contributed by atoms with Gasteiger partial charge in [0.1, 0.15) is 0 Å². The molecule has 0 aliphatic carbocycles. The van der Waals surface area contributed by atoms with E-state index >= 15 is 0 Å². The Kier molecular flexibility index (Phi) is 5.33. The average molecular weight is 509 g/mol. The third kappa shape index (κ3) is 3.72. The van der Waals surface area contributed by atoms with Gasteiger partial charge in [-0.05, 0) is 53.6 Å². The standard InChI is InChI=1S/C25H15BrClNO4/c26-18-12-22-21(31-13-32-22)11-15(18)7-10-20(29)24-23(14-5-8-16(27)9-6-14)17-3-1-2-4-19(17)28-25(24)30/h1-12H,13H2,(H,28,30)/b10-7+. The number of ketones is 1. The first kappa shape index (κ1) is 20.5. The maximum absolute atomic E-state index is 13.3. The quantitative estimate of drug-likeness (QED) is 0.262. The van der Waals surface area contributed by atoms with Crippen molar-refractivity contribution in [2.45, 2.75) is 0 Å². The van der Waals surface area contributed by atoms with Crippen LogP contribution < -0.4 is 15.0 Å². The normalized spacial score (nSPS) is 12.6. The van der Waals surface area contributed by atoms with Crippen LogP contribution in [0.4, 0.5) is 0 Å². The van der Waals surface area contributed by atoms with Crippen LogP contribution in [0.1, 0.15) is 15.9 Å². The highest BCUT2D eigenvalue weighted by Crippen LogP contribution is 2.37. The number of rotatable bonds is 4. The number of nitrogens with one attached hydrogen (secondary N) is 1. The van der Waals surface area contributed by atoms with E-state index < -0.39 is 11.3 Å². The molecule has 32 heavy (non-hydrogen) atoms. The van der Waals surface area contributed by atoms with Gasteiger partial charge in [-0.3, -0.25) is 9.59 Å². The Balaban J connectivity index is 1.64. The van der Waals surface area contributed by atoms with Gasteiger partial charge in [0.15, 0.2) is 17.3 Å². The van der Waals surface area contributed by atoms with E-state index in [2.05, 4.69) is 20.9 Å². The van der Waals surface area contributed by atoms with Crippen molar-refractivity contribution in [1.82, 2.24) is 4.98 Å². The first-order valence-electron chi connectivity index (χ1n) is 9.74. The van der Waals surface area contributed by atoms with Crippen LogP contribution in [0.5, 0.6) is 11.5 Å². The van der Waals surface area contributed by atoms with Gasteiger partial charge in [0, 0.05) is 26.0 Å². The lowest BCUT2D eigenvalue weighted by Gasteiger charge is -2.11. The number of benzene rings is 3. The summed E-state index contributed by atoms with van der Waals surface area (Å²) in [6.45, 7) is 0.158. The molecule has 0 spiro atoms. The van der Waals surface area contributed by atoms with E-state index in [0.29, 0.717) is 27.6 Å². The average Bonchev–Trinajstić information content (AvgIpc) is 3.24. The van der Waals surface area contributed by atoms with Crippen molar-refractivity contribution < 1.29 is 14.3 Å². The third-order valence-corrected chi connectivity index (χ3v) is 6.15. The molecular weight excluding hydrogens is 494 g/mol. The summed E-state index contributed by atoms with van der Waals surface area (Å²) in [4.78, 5) is 29.1. The summed E-state index contributed by atoms with van der Waals surface area (Å²) >= 11 is 9.54. The highest BCUT2D eigenvalue weighted by atomic mass is 79.9. The number of para-hydroxylation sites is 1. The SMILES string of the molecule is O=C(/C=C/c1cc2c(cc1Br)OCO2)c1c(-c2ccc(Cl)cc2)c2ccccc2[nH]c1=O. The lowest BCUT2D eigenvalue weighted by atomic mass is 9.94. The maximum atomic E-state index is 13.3. The number of aromatic nitrogens is 1. The number of allylic oxidation sites excluding steroid dienone is 1. The van der Waals surface area contributed by atoms with Crippen molar-refractivity contribution in [2.24, 2.45) is 0 Å². The fourth-order valence-corrected chi connectivity index (χ4v) is 4.28. The summed E-state index contributed by atoms with van der Waals surface area (Å²) in [5.74, 6) is 0.827. The third-order valence-electron chi connectivity index (χ3n) is 5.21. The summed E-state index contributed by atoms with van der Waals surface area (Å²) in [6, 6.07) is 18.0. The fraction of sp³-hybridized carbons (Fsp3) is 0.0400. The molecule has 0 radical (unpaired) electrons. The molecule has 1 aromatic heterocycles. The number of carbonyl (C=O) groups excluding carboxylic acids is 1. The Hall–Kier alpha value is -3.35. The minimum Gasteiger partial charge on any atom is -0.454 e. The Morgan fingerprint density at radius 2 is 1.75 bits per heavy atom. The van der Waals surface area contributed by atoms with Crippen LogP contribution in [0.15, 0.2) is 76.0 Å². The van der Waals surface area contributed by atoms with Gasteiger partial charge in [0.2, 0.25) is 6.79 Å². The first-order valence-corrected chi connectivity index (χ1v) is 10.9. The van der Waals surface area contributed by atoms with Crippen molar-refractivity contribution in [3.8, 4) is 22.6 Å². The van der Waals surface area contributed by atoms with Crippen molar-refractivity contribution in [1.29, 1.82) is 0 Å². The molecule has 2 heterocycles. The van der Waals surface area contributed by atoms with Crippen LogP contribution >= 0.6 is 27.5 Å². The molecule has 3 aromatic carbocycles. The molecule has 5 rings (SSSR count). The molecule has 0 unspecified atom stereocenters. The van der Waals surface area contributed by atoms with E-state index in [4.69, 9.17) is 21.1 Å². The van der Waals surface area contributed by atoms with Crippen molar-refractivity contribution >= 4 is 50.3 Å². The van der Waals surface area contributed by atoms with Gasteiger partial charge >= 0.3 is 0 Å². The Bertz CT molecular complexity index is 1460. The molecule has 0 bridgehead atoms. The molecular formula is C25H15BrClNO4. The molecule has 0 amide bonds. The van der Waals surface area contributed by atoms with Gasteiger partial charge < -0.3 is 14.5 Å². The molecule has 5 nitrogen and oxygen atoms in total. The van der Waals surface area contributed by atoms with E-state index in [9.17, 15) is 9.59 Å². The summed E-state index contributed by atoms with van der Waals surface area (Å²) in [5, 5.41) is 1.35. The number of aromatic amines is 1. The van der Waals surface area contributed by atoms with Gasteiger partial charge in [-0.15, -0.1) is 0 Å². The van der Waals surface area contributed by atoms with Crippen molar-refractivity contribution in [2.75, 3.05) is 6.79 Å². The Labute approximate surface area is 196 Å². The summed E-state index contributed by atoms with van der Waals surface area (Å²) in [5.41, 5.74) is 2.31. The van der Waals surface area contributed by atoms with Crippen LogP contribution in [0.25, 0.3) is 28.1 Å². The Morgan fingerprint density at radius 3 is 2.53 bits per heavy atom. The van der Waals surface area contributed by atoms with Gasteiger partial charge in [0.25, 0.3) is 5.56 Å². The molecule has 158 valence electrons. The van der Waals surface area contributed by atoms with Gasteiger partial charge in [-0.2, -0.15) is 0 Å². The largest absolute Gasteiger partial charge is 0.454 e. The highest BCUT2D eigenvalue weighted by Gasteiger charge is 2.20. The van der Waals surface area contributed by atoms with E-state index in [0.717, 1.165) is 21.0 Å². The number of ether oxygens (including phenoxy) is 2.